The smallest absolute Gasteiger partial charge is 0.0888 e. The summed E-state index contributed by atoms with van der Waals surface area (Å²) in [6.45, 7) is 0. The summed E-state index contributed by atoms with van der Waals surface area (Å²) >= 11 is 0. The molecule has 5 rings (SSSR count). The lowest BCUT2D eigenvalue weighted by Crippen LogP contribution is -1.88. The number of aromatic amines is 2. The fraction of sp³-hybridized carbons (Fsp3) is 0. The number of hydrogen-bond acceptors (Lipinski definition) is 3. The van der Waals surface area contributed by atoms with E-state index < -0.39 is 0 Å². The molecule has 0 amide bonds. The molecule has 136 valence electrons. The van der Waals surface area contributed by atoms with Crippen LogP contribution in [0.25, 0.3) is 33.9 Å². The van der Waals surface area contributed by atoms with Crippen LogP contribution in [-0.4, -0.2) is 25.4 Å². The fourth-order valence-corrected chi connectivity index (χ4v) is 2.79. The molecule has 5 aromatic rings. The minimum Gasteiger partial charge on any atom is -0.276 e. The second-order valence-electron chi connectivity index (χ2n) is 6.08. The maximum Gasteiger partial charge on any atom is 0.0888 e. The van der Waals surface area contributed by atoms with Gasteiger partial charge in [-0.1, -0.05) is 66.7 Å². The van der Waals surface area contributed by atoms with Crippen LogP contribution in [0.5, 0.6) is 0 Å². The van der Waals surface area contributed by atoms with Gasteiger partial charge in [0, 0.05) is 12.4 Å². The number of H-pyrrole nitrogens is 2. The van der Waals surface area contributed by atoms with Crippen molar-refractivity contribution in [2.75, 3.05) is 0 Å². The zero-order chi connectivity index (χ0) is 19.0. The maximum atomic E-state index is 4.52. The average Bonchev–Trinajstić information content (AvgIpc) is 3.50. The van der Waals surface area contributed by atoms with E-state index in [2.05, 4.69) is 73.9 Å². The van der Waals surface area contributed by atoms with Gasteiger partial charge in [0.2, 0.25) is 0 Å². The van der Waals surface area contributed by atoms with Crippen molar-refractivity contribution in [2.24, 2.45) is 0 Å². The highest BCUT2D eigenvalue weighted by atomic mass is 15.1. The second-order valence-corrected chi connectivity index (χ2v) is 6.08. The third-order valence-electron chi connectivity index (χ3n) is 4.18. The molecule has 0 bridgehead atoms. The fourth-order valence-electron chi connectivity index (χ4n) is 2.79. The normalized spacial score (nSPS) is 10.1. The van der Waals surface area contributed by atoms with E-state index >= 15 is 0 Å². The molecule has 0 spiro atoms. The highest BCUT2D eigenvalue weighted by Gasteiger charge is 2.04. The third-order valence-corrected chi connectivity index (χ3v) is 4.18. The van der Waals surface area contributed by atoms with Gasteiger partial charge in [-0.2, -0.15) is 10.2 Å². The highest BCUT2D eigenvalue weighted by molar-refractivity contribution is 5.63. The van der Waals surface area contributed by atoms with Gasteiger partial charge in [-0.3, -0.25) is 10.2 Å². The van der Waals surface area contributed by atoms with Gasteiger partial charge in [-0.25, -0.2) is 4.98 Å². The molecule has 0 aliphatic heterocycles. The molecular formula is C23H19N5. The Labute approximate surface area is 163 Å². The van der Waals surface area contributed by atoms with Crippen LogP contribution in [0.2, 0.25) is 0 Å². The Kier molecular flexibility index (Phi) is 5.35. The number of hydrogen-bond donors (Lipinski definition) is 2. The Morgan fingerprint density at radius 3 is 1.32 bits per heavy atom. The highest BCUT2D eigenvalue weighted by Crippen LogP contribution is 2.19. The van der Waals surface area contributed by atoms with Crippen LogP contribution in [0.3, 0.4) is 0 Å². The molecule has 2 aromatic carbocycles. The molecular weight excluding hydrogens is 346 g/mol. The molecule has 5 heteroatoms. The molecule has 3 aromatic heterocycles. The van der Waals surface area contributed by atoms with Crippen molar-refractivity contribution in [1.82, 2.24) is 25.4 Å². The predicted molar refractivity (Wildman–Crippen MR) is 111 cm³/mol. The molecule has 0 radical (unpaired) electrons. The number of nitrogens with zero attached hydrogens (tertiary/aromatic N) is 3. The van der Waals surface area contributed by atoms with E-state index in [1.54, 1.807) is 12.4 Å². The van der Waals surface area contributed by atoms with Gasteiger partial charge in [0.15, 0.2) is 0 Å². The Morgan fingerprint density at radius 1 is 0.464 bits per heavy atom. The van der Waals surface area contributed by atoms with Crippen LogP contribution >= 0.6 is 0 Å². The summed E-state index contributed by atoms with van der Waals surface area (Å²) in [4.78, 5) is 4.52. The van der Waals surface area contributed by atoms with Crippen molar-refractivity contribution in [3.8, 4) is 33.9 Å². The van der Waals surface area contributed by atoms with Crippen LogP contribution in [0.1, 0.15) is 0 Å². The Bertz CT molecular complexity index is 999. The van der Waals surface area contributed by atoms with Crippen molar-refractivity contribution in [3.63, 3.8) is 0 Å². The summed E-state index contributed by atoms with van der Waals surface area (Å²) < 4.78 is 0. The van der Waals surface area contributed by atoms with E-state index in [-0.39, 0.29) is 0 Å². The molecule has 0 saturated carbocycles. The molecule has 28 heavy (non-hydrogen) atoms. The van der Waals surface area contributed by atoms with Gasteiger partial charge in [0.1, 0.15) is 0 Å². The molecule has 0 aliphatic rings. The summed E-state index contributed by atoms with van der Waals surface area (Å²) in [6.07, 6.45) is 3.42. The maximum absolute atomic E-state index is 4.52. The average molecular weight is 365 g/mol. The molecule has 0 fully saturated rings. The first kappa shape index (κ1) is 17.4. The van der Waals surface area contributed by atoms with Crippen molar-refractivity contribution < 1.29 is 0 Å². The molecule has 3 heterocycles. The van der Waals surface area contributed by atoms with Gasteiger partial charge in [-0.05, 0) is 35.4 Å². The molecule has 0 saturated heterocycles. The SMILES string of the molecule is c1cc(-c2ccn[nH]2)nc(-c2ccn[nH]2)c1.c1ccc(-c2ccccc2)cc1. The Balaban J connectivity index is 0.000000143. The van der Waals surface area contributed by atoms with Crippen LogP contribution in [0.4, 0.5) is 0 Å². The largest absolute Gasteiger partial charge is 0.276 e. The summed E-state index contributed by atoms with van der Waals surface area (Å²) in [5.41, 5.74) is 6.09. The van der Waals surface area contributed by atoms with E-state index in [1.807, 2.05) is 42.5 Å². The lowest BCUT2D eigenvalue weighted by molar-refractivity contribution is 1.07. The van der Waals surface area contributed by atoms with Gasteiger partial charge in [0.25, 0.3) is 0 Å². The molecule has 2 N–H and O–H groups in total. The Morgan fingerprint density at radius 2 is 0.929 bits per heavy atom. The molecule has 5 nitrogen and oxygen atoms in total. The number of aromatic nitrogens is 5. The summed E-state index contributed by atoms with van der Waals surface area (Å²) in [7, 11) is 0. The molecule has 0 aliphatic carbocycles. The Hall–Kier alpha value is -3.99. The monoisotopic (exact) mass is 365 g/mol. The first-order valence-electron chi connectivity index (χ1n) is 8.97. The van der Waals surface area contributed by atoms with Gasteiger partial charge in [-0.15, -0.1) is 0 Å². The van der Waals surface area contributed by atoms with Gasteiger partial charge < -0.3 is 0 Å². The number of pyridine rings is 1. The third kappa shape index (κ3) is 4.22. The van der Waals surface area contributed by atoms with Crippen molar-refractivity contribution >= 4 is 0 Å². The van der Waals surface area contributed by atoms with Crippen LogP contribution in [0, 0.1) is 0 Å². The van der Waals surface area contributed by atoms with Crippen molar-refractivity contribution in [2.45, 2.75) is 0 Å². The number of benzene rings is 2. The quantitative estimate of drug-likeness (QED) is 0.461. The van der Waals surface area contributed by atoms with E-state index in [4.69, 9.17) is 0 Å². The molecule has 0 unspecified atom stereocenters. The zero-order valence-electron chi connectivity index (χ0n) is 15.2. The van der Waals surface area contributed by atoms with Crippen LogP contribution < -0.4 is 0 Å². The van der Waals surface area contributed by atoms with E-state index in [0.717, 1.165) is 22.8 Å². The summed E-state index contributed by atoms with van der Waals surface area (Å²) in [6, 6.07) is 30.4. The minimum absolute atomic E-state index is 0.865. The number of nitrogens with one attached hydrogen (secondary N) is 2. The lowest BCUT2D eigenvalue weighted by Gasteiger charge is -2.00. The van der Waals surface area contributed by atoms with Crippen LogP contribution in [-0.2, 0) is 0 Å². The van der Waals surface area contributed by atoms with E-state index in [9.17, 15) is 0 Å². The standard InChI is InChI=1S/C12H10.C11H9N5/c1-3-7-11(8-4-1)12-9-5-2-6-10-12;1-2-8(10-4-6-12-15-10)14-9(3-1)11-5-7-13-16-11/h1-10H;1-7H,(H,12,15)(H,13,16). The minimum atomic E-state index is 0.865. The van der Waals surface area contributed by atoms with Crippen molar-refractivity contribution in [1.29, 1.82) is 0 Å². The summed E-state index contributed by atoms with van der Waals surface area (Å²) in [5, 5.41) is 13.6. The topological polar surface area (TPSA) is 70.2 Å². The predicted octanol–water partition coefficient (Wildman–Crippen LogP) is 5.22. The second kappa shape index (κ2) is 8.60. The van der Waals surface area contributed by atoms with E-state index in [0.29, 0.717) is 0 Å². The first-order valence-corrected chi connectivity index (χ1v) is 8.97. The zero-order valence-corrected chi connectivity index (χ0v) is 15.2. The van der Waals surface area contributed by atoms with E-state index in [1.165, 1.54) is 11.1 Å². The van der Waals surface area contributed by atoms with Gasteiger partial charge in [0.05, 0.1) is 22.8 Å². The lowest BCUT2D eigenvalue weighted by atomic mass is 10.1. The van der Waals surface area contributed by atoms with Crippen LogP contribution in [0.15, 0.2) is 103 Å². The molecule has 0 atom stereocenters. The van der Waals surface area contributed by atoms with Crippen molar-refractivity contribution in [3.05, 3.63) is 103 Å². The summed E-state index contributed by atoms with van der Waals surface area (Å²) in [5.74, 6) is 0. The number of rotatable bonds is 3. The first-order chi connectivity index (χ1) is 13.9. The van der Waals surface area contributed by atoms with Gasteiger partial charge >= 0.3 is 0 Å².